The lowest BCUT2D eigenvalue weighted by Gasteiger charge is -2.38. The van der Waals surface area contributed by atoms with Crippen LogP contribution in [0.2, 0.25) is 5.02 Å². The van der Waals surface area contributed by atoms with E-state index in [0.29, 0.717) is 29.4 Å². The first-order valence-corrected chi connectivity index (χ1v) is 9.92. The largest absolute Gasteiger partial charge is 0.346 e. The molecule has 2 amide bonds. The molecule has 2 heterocycles. The van der Waals surface area contributed by atoms with E-state index in [1.54, 1.807) is 29.2 Å². The molecule has 0 atom stereocenters. The monoisotopic (exact) mass is 440 g/mol. The molecule has 31 heavy (non-hydrogen) atoms. The Morgan fingerprint density at radius 2 is 1.84 bits per heavy atom. The zero-order valence-electron chi connectivity index (χ0n) is 16.5. The van der Waals surface area contributed by atoms with Gasteiger partial charge in [-0.25, -0.2) is 4.39 Å². The Morgan fingerprint density at radius 3 is 2.48 bits per heavy atom. The van der Waals surface area contributed by atoms with E-state index < -0.39 is 17.3 Å². The maximum absolute atomic E-state index is 13.8. The molecule has 9 heteroatoms. The van der Waals surface area contributed by atoms with E-state index in [4.69, 9.17) is 11.6 Å². The van der Waals surface area contributed by atoms with Crippen molar-refractivity contribution in [1.82, 2.24) is 20.0 Å². The van der Waals surface area contributed by atoms with Crippen molar-refractivity contribution in [2.24, 2.45) is 0 Å². The zero-order valence-corrected chi connectivity index (χ0v) is 17.3. The van der Waals surface area contributed by atoms with Gasteiger partial charge in [0.05, 0.1) is 17.4 Å². The number of carbonyl (C=O) groups excluding carboxylic acids is 2. The van der Waals surface area contributed by atoms with Gasteiger partial charge >= 0.3 is 0 Å². The van der Waals surface area contributed by atoms with Crippen LogP contribution in [0.15, 0.2) is 59.4 Å². The number of benzene rings is 2. The molecule has 1 N–H and O–H groups in total. The molecule has 3 aromatic rings. The molecule has 1 aliphatic rings. The average molecular weight is 441 g/mol. The number of nitrogens with zero attached hydrogens (tertiary/aromatic N) is 3. The minimum Gasteiger partial charge on any atom is -0.346 e. The van der Waals surface area contributed by atoms with Crippen molar-refractivity contribution in [3.05, 3.63) is 81.4 Å². The maximum Gasteiger partial charge on any atom is 0.284 e. The first kappa shape index (κ1) is 20.7. The molecule has 7 nitrogen and oxygen atoms in total. The van der Waals surface area contributed by atoms with Gasteiger partial charge in [-0.1, -0.05) is 29.8 Å². The molecule has 1 aliphatic heterocycles. The van der Waals surface area contributed by atoms with E-state index in [1.165, 1.54) is 37.3 Å². The lowest BCUT2D eigenvalue weighted by Crippen LogP contribution is -2.60. The van der Waals surface area contributed by atoms with Crippen molar-refractivity contribution in [1.29, 1.82) is 0 Å². The Morgan fingerprint density at radius 1 is 1.13 bits per heavy atom. The number of hydrogen-bond acceptors (Lipinski definition) is 4. The summed E-state index contributed by atoms with van der Waals surface area (Å²) >= 11 is 5.95. The van der Waals surface area contributed by atoms with Gasteiger partial charge in [-0.15, -0.1) is 0 Å². The molecule has 0 radical (unpaired) electrons. The number of carbonyl (C=O) groups is 2. The summed E-state index contributed by atoms with van der Waals surface area (Å²) in [5, 5.41) is 7.63. The van der Waals surface area contributed by atoms with Crippen molar-refractivity contribution in [2.45, 2.75) is 13.0 Å². The number of nitrogens with one attached hydrogen (secondary N) is 1. The van der Waals surface area contributed by atoms with Crippen molar-refractivity contribution in [3.8, 4) is 16.9 Å². The minimum atomic E-state index is -0.677. The number of amides is 2. The van der Waals surface area contributed by atoms with Crippen molar-refractivity contribution < 1.29 is 14.0 Å². The highest BCUT2D eigenvalue weighted by atomic mass is 35.5. The summed E-state index contributed by atoms with van der Waals surface area (Å²) in [6, 6.07) is 13.3. The van der Waals surface area contributed by atoms with E-state index in [9.17, 15) is 18.8 Å². The van der Waals surface area contributed by atoms with Crippen LogP contribution in [0.5, 0.6) is 0 Å². The van der Waals surface area contributed by atoms with Gasteiger partial charge in [-0.2, -0.15) is 9.78 Å². The third-order valence-corrected chi connectivity index (χ3v) is 5.26. The SMILES string of the molecule is CC(=O)N1CC(NC(=O)c2cc(-c3ccc(Cl)cc3)nn(-c3cccc(F)c3)c2=O)C1. The Bertz CT molecular complexity index is 1220. The quantitative estimate of drug-likeness (QED) is 0.676. The van der Waals surface area contributed by atoms with Gasteiger partial charge in [0, 0.05) is 30.6 Å². The molecular formula is C22H18ClFN4O3. The third-order valence-electron chi connectivity index (χ3n) is 5.01. The smallest absolute Gasteiger partial charge is 0.284 e. The second-order valence-corrected chi connectivity index (χ2v) is 7.68. The number of rotatable bonds is 4. The molecule has 0 aliphatic carbocycles. The molecule has 0 unspecified atom stereocenters. The van der Waals surface area contributed by atoms with Gasteiger partial charge in [0.2, 0.25) is 5.91 Å². The van der Waals surface area contributed by atoms with E-state index >= 15 is 0 Å². The fourth-order valence-corrected chi connectivity index (χ4v) is 3.42. The van der Waals surface area contributed by atoms with Gasteiger partial charge < -0.3 is 10.2 Å². The summed E-state index contributed by atoms with van der Waals surface area (Å²) in [4.78, 5) is 38.9. The second-order valence-electron chi connectivity index (χ2n) is 7.24. The lowest BCUT2D eigenvalue weighted by molar-refractivity contribution is -0.133. The van der Waals surface area contributed by atoms with Gasteiger partial charge in [0.25, 0.3) is 11.5 Å². The normalized spacial score (nSPS) is 13.6. The predicted octanol–water partition coefficient (Wildman–Crippen LogP) is 2.65. The summed E-state index contributed by atoms with van der Waals surface area (Å²) in [5.74, 6) is -1.19. The molecular weight excluding hydrogens is 423 g/mol. The van der Waals surface area contributed by atoms with Crippen LogP contribution in [0.1, 0.15) is 17.3 Å². The summed E-state index contributed by atoms with van der Waals surface area (Å²) in [5.41, 5.74) is 0.370. The number of halogens is 2. The molecule has 0 bridgehead atoms. The molecule has 1 aromatic heterocycles. The highest BCUT2D eigenvalue weighted by Crippen LogP contribution is 2.21. The van der Waals surface area contributed by atoms with Crippen LogP contribution in [-0.2, 0) is 4.79 Å². The molecule has 2 aromatic carbocycles. The van der Waals surface area contributed by atoms with Crippen LogP contribution >= 0.6 is 11.6 Å². The Balaban J connectivity index is 1.74. The topological polar surface area (TPSA) is 84.3 Å². The average Bonchev–Trinajstić information content (AvgIpc) is 2.70. The van der Waals surface area contributed by atoms with Crippen LogP contribution in [0.4, 0.5) is 4.39 Å². The second kappa shape index (κ2) is 8.31. The van der Waals surface area contributed by atoms with Crippen LogP contribution < -0.4 is 10.9 Å². The fraction of sp³-hybridized carbons (Fsp3) is 0.182. The molecule has 4 rings (SSSR count). The van der Waals surface area contributed by atoms with Crippen molar-refractivity contribution in [3.63, 3.8) is 0 Å². The summed E-state index contributed by atoms with van der Waals surface area (Å²) in [6.45, 7) is 2.22. The fourth-order valence-electron chi connectivity index (χ4n) is 3.29. The minimum absolute atomic E-state index is 0.0760. The van der Waals surface area contributed by atoms with Crippen LogP contribution in [-0.4, -0.2) is 45.6 Å². The summed E-state index contributed by atoms with van der Waals surface area (Å²) < 4.78 is 14.8. The molecule has 1 fully saturated rings. The van der Waals surface area contributed by atoms with E-state index in [0.717, 1.165) is 4.68 Å². The van der Waals surface area contributed by atoms with Gasteiger partial charge in [-0.3, -0.25) is 14.4 Å². The number of likely N-dealkylation sites (tertiary alicyclic amines) is 1. The van der Waals surface area contributed by atoms with Crippen molar-refractivity contribution >= 4 is 23.4 Å². The molecule has 0 saturated carbocycles. The number of hydrogen-bond donors (Lipinski definition) is 1. The zero-order chi connectivity index (χ0) is 22.1. The predicted molar refractivity (Wildman–Crippen MR) is 114 cm³/mol. The first-order chi connectivity index (χ1) is 14.8. The summed E-state index contributed by atoms with van der Waals surface area (Å²) in [7, 11) is 0. The van der Waals surface area contributed by atoms with Crippen molar-refractivity contribution in [2.75, 3.05) is 13.1 Å². The van der Waals surface area contributed by atoms with Gasteiger partial charge in [0.1, 0.15) is 11.4 Å². The Kier molecular flexibility index (Phi) is 5.56. The Hall–Kier alpha value is -3.52. The van der Waals surface area contributed by atoms with E-state index in [-0.39, 0.29) is 23.2 Å². The lowest BCUT2D eigenvalue weighted by atomic mass is 10.1. The van der Waals surface area contributed by atoms with Crippen LogP contribution in [0.3, 0.4) is 0 Å². The van der Waals surface area contributed by atoms with Crippen LogP contribution in [0.25, 0.3) is 16.9 Å². The highest BCUT2D eigenvalue weighted by molar-refractivity contribution is 6.30. The highest BCUT2D eigenvalue weighted by Gasteiger charge is 2.31. The van der Waals surface area contributed by atoms with E-state index in [1.807, 2.05) is 0 Å². The van der Waals surface area contributed by atoms with Gasteiger partial charge in [0.15, 0.2) is 0 Å². The standard InChI is InChI=1S/C22H18ClFN4O3/c1-13(29)27-11-17(12-27)25-21(30)19-10-20(14-5-7-15(23)8-6-14)26-28(22(19)31)18-4-2-3-16(24)9-18/h2-10,17H,11-12H2,1H3,(H,25,30). The first-order valence-electron chi connectivity index (χ1n) is 9.54. The molecule has 158 valence electrons. The molecule has 0 spiro atoms. The maximum atomic E-state index is 13.8. The van der Waals surface area contributed by atoms with E-state index in [2.05, 4.69) is 10.4 Å². The number of aromatic nitrogens is 2. The molecule has 1 saturated heterocycles. The van der Waals surface area contributed by atoms with Gasteiger partial charge in [-0.05, 0) is 36.4 Å². The summed E-state index contributed by atoms with van der Waals surface area (Å²) in [6.07, 6.45) is 0. The van der Waals surface area contributed by atoms with Crippen LogP contribution in [0, 0.1) is 5.82 Å². The third kappa shape index (κ3) is 4.34. The Labute approximate surface area is 182 Å².